The van der Waals surface area contributed by atoms with Crippen LogP contribution in [-0.2, 0) is 0 Å². The lowest BCUT2D eigenvalue weighted by Crippen LogP contribution is -2.02. The number of methoxy groups -OCH3 is 1. The van der Waals surface area contributed by atoms with Crippen molar-refractivity contribution in [2.75, 3.05) is 7.11 Å². The highest BCUT2D eigenvalue weighted by atomic mass is 16.5. The molecule has 0 spiro atoms. The Morgan fingerprint density at radius 3 is 2.47 bits per heavy atom. The standard InChI is InChI=1S/C15H24O2/c1-5-6-7-8-14(16)13-9-12(3)15(17-4)10-11(13)2/h9-10,14,16H,5-8H2,1-4H3. The van der Waals surface area contributed by atoms with E-state index in [2.05, 4.69) is 6.92 Å². The van der Waals surface area contributed by atoms with Crippen molar-refractivity contribution < 1.29 is 9.84 Å². The van der Waals surface area contributed by atoms with E-state index < -0.39 is 0 Å². The SMILES string of the molecule is CCCCCC(O)c1cc(C)c(OC)cc1C. The fourth-order valence-corrected chi connectivity index (χ4v) is 2.13. The molecule has 0 saturated heterocycles. The van der Waals surface area contributed by atoms with E-state index in [0.717, 1.165) is 35.3 Å². The van der Waals surface area contributed by atoms with E-state index in [4.69, 9.17) is 4.74 Å². The minimum atomic E-state index is -0.342. The van der Waals surface area contributed by atoms with E-state index in [-0.39, 0.29) is 6.10 Å². The topological polar surface area (TPSA) is 29.5 Å². The van der Waals surface area contributed by atoms with Crippen LogP contribution in [0.25, 0.3) is 0 Å². The molecule has 17 heavy (non-hydrogen) atoms. The third-order valence-electron chi connectivity index (χ3n) is 3.22. The van der Waals surface area contributed by atoms with Crippen LogP contribution in [0.1, 0.15) is 55.4 Å². The van der Waals surface area contributed by atoms with Crippen molar-refractivity contribution in [3.05, 3.63) is 28.8 Å². The van der Waals surface area contributed by atoms with Gasteiger partial charge in [-0.1, -0.05) is 26.2 Å². The summed E-state index contributed by atoms with van der Waals surface area (Å²) >= 11 is 0. The molecule has 1 aromatic rings. The summed E-state index contributed by atoms with van der Waals surface area (Å²) in [4.78, 5) is 0. The predicted octanol–water partition coefficient (Wildman–Crippen LogP) is 3.93. The molecule has 0 radical (unpaired) electrons. The molecule has 0 heterocycles. The minimum Gasteiger partial charge on any atom is -0.496 e. The molecule has 2 nitrogen and oxygen atoms in total. The lowest BCUT2D eigenvalue weighted by molar-refractivity contribution is 0.162. The summed E-state index contributed by atoms with van der Waals surface area (Å²) in [6.45, 7) is 6.22. The average Bonchev–Trinajstić information content (AvgIpc) is 2.31. The number of aliphatic hydroxyl groups is 1. The molecule has 96 valence electrons. The number of benzene rings is 1. The highest BCUT2D eigenvalue weighted by molar-refractivity contribution is 5.42. The van der Waals surface area contributed by atoms with Gasteiger partial charge in [-0.15, -0.1) is 0 Å². The van der Waals surface area contributed by atoms with Gasteiger partial charge in [-0.3, -0.25) is 0 Å². The van der Waals surface area contributed by atoms with Crippen molar-refractivity contribution in [1.29, 1.82) is 0 Å². The Morgan fingerprint density at radius 1 is 1.18 bits per heavy atom. The predicted molar refractivity (Wildman–Crippen MR) is 71.6 cm³/mol. The first-order valence-electron chi connectivity index (χ1n) is 6.43. The smallest absolute Gasteiger partial charge is 0.122 e. The maximum Gasteiger partial charge on any atom is 0.122 e. The van der Waals surface area contributed by atoms with Crippen LogP contribution < -0.4 is 4.74 Å². The highest BCUT2D eigenvalue weighted by Gasteiger charge is 2.12. The molecule has 1 N–H and O–H groups in total. The first-order chi connectivity index (χ1) is 8.10. The Labute approximate surface area is 105 Å². The molecule has 0 aliphatic heterocycles. The summed E-state index contributed by atoms with van der Waals surface area (Å²) in [7, 11) is 1.68. The normalized spacial score (nSPS) is 12.5. The van der Waals surface area contributed by atoms with Crippen molar-refractivity contribution >= 4 is 0 Å². The van der Waals surface area contributed by atoms with Gasteiger partial charge >= 0.3 is 0 Å². The molecule has 1 aromatic carbocycles. The fraction of sp³-hybridized carbons (Fsp3) is 0.600. The number of aliphatic hydroxyl groups excluding tert-OH is 1. The van der Waals surface area contributed by atoms with Crippen molar-refractivity contribution in [2.24, 2.45) is 0 Å². The third kappa shape index (κ3) is 3.74. The van der Waals surface area contributed by atoms with Gasteiger partial charge < -0.3 is 9.84 Å². The molecular formula is C15H24O2. The van der Waals surface area contributed by atoms with Gasteiger partial charge in [-0.2, -0.15) is 0 Å². The summed E-state index contributed by atoms with van der Waals surface area (Å²) < 4.78 is 5.28. The summed E-state index contributed by atoms with van der Waals surface area (Å²) in [5, 5.41) is 10.2. The molecule has 0 aliphatic carbocycles. The molecule has 0 amide bonds. The number of hydrogen-bond acceptors (Lipinski definition) is 2. The van der Waals surface area contributed by atoms with Crippen LogP contribution in [0.3, 0.4) is 0 Å². The quantitative estimate of drug-likeness (QED) is 0.758. The van der Waals surface area contributed by atoms with E-state index in [1.54, 1.807) is 7.11 Å². The summed E-state index contributed by atoms with van der Waals surface area (Å²) in [6, 6.07) is 4.05. The second-order valence-electron chi connectivity index (χ2n) is 4.69. The molecule has 1 rings (SSSR count). The second kappa shape index (κ2) is 6.65. The Hall–Kier alpha value is -1.02. The van der Waals surface area contributed by atoms with E-state index in [9.17, 15) is 5.11 Å². The van der Waals surface area contributed by atoms with Crippen LogP contribution >= 0.6 is 0 Å². The Kier molecular flexibility index (Phi) is 5.49. The average molecular weight is 236 g/mol. The molecule has 1 atom stereocenters. The van der Waals surface area contributed by atoms with Crippen LogP contribution in [0.15, 0.2) is 12.1 Å². The highest BCUT2D eigenvalue weighted by Crippen LogP contribution is 2.29. The number of ether oxygens (including phenoxy) is 1. The number of aryl methyl sites for hydroxylation is 2. The van der Waals surface area contributed by atoms with Gasteiger partial charge in [-0.25, -0.2) is 0 Å². The monoisotopic (exact) mass is 236 g/mol. The maximum atomic E-state index is 10.2. The van der Waals surface area contributed by atoms with Crippen molar-refractivity contribution in [1.82, 2.24) is 0 Å². The lowest BCUT2D eigenvalue weighted by atomic mass is 9.96. The van der Waals surface area contributed by atoms with Crippen molar-refractivity contribution in [3.8, 4) is 5.75 Å². The van der Waals surface area contributed by atoms with Crippen LogP contribution in [0.2, 0.25) is 0 Å². The van der Waals surface area contributed by atoms with Gasteiger partial charge in [0.1, 0.15) is 5.75 Å². The van der Waals surface area contributed by atoms with Gasteiger partial charge in [0.2, 0.25) is 0 Å². The van der Waals surface area contributed by atoms with Crippen LogP contribution in [0, 0.1) is 13.8 Å². The van der Waals surface area contributed by atoms with Gasteiger partial charge in [0.15, 0.2) is 0 Å². The largest absolute Gasteiger partial charge is 0.496 e. The molecule has 0 aliphatic rings. The Morgan fingerprint density at radius 2 is 1.88 bits per heavy atom. The first kappa shape index (κ1) is 14.0. The third-order valence-corrected chi connectivity index (χ3v) is 3.22. The summed E-state index contributed by atoms with van der Waals surface area (Å²) in [5.74, 6) is 0.895. The molecule has 0 saturated carbocycles. The van der Waals surface area contributed by atoms with E-state index in [0.29, 0.717) is 0 Å². The molecule has 2 heteroatoms. The molecule has 1 unspecified atom stereocenters. The fourth-order valence-electron chi connectivity index (χ4n) is 2.13. The van der Waals surface area contributed by atoms with E-state index >= 15 is 0 Å². The zero-order valence-electron chi connectivity index (χ0n) is 11.4. The maximum absolute atomic E-state index is 10.2. The van der Waals surface area contributed by atoms with E-state index in [1.165, 1.54) is 12.8 Å². The molecular weight excluding hydrogens is 212 g/mol. The number of rotatable bonds is 6. The molecule has 0 bridgehead atoms. The zero-order valence-corrected chi connectivity index (χ0v) is 11.4. The minimum absolute atomic E-state index is 0.342. The van der Waals surface area contributed by atoms with Crippen LogP contribution in [0.4, 0.5) is 0 Å². The zero-order chi connectivity index (χ0) is 12.8. The summed E-state index contributed by atoms with van der Waals surface area (Å²) in [5.41, 5.74) is 3.23. The van der Waals surface area contributed by atoms with Crippen LogP contribution in [-0.4, -0.2) is 12.2 Å². The number of unbranched alkanes of at least 4 members (excludes halogenated alkanes) is 2. The van der Waals surface area contributed by atoms with Gasteiger partial charge in [0.05, 0.1) is 13.2 Å². The van der Waals surface area contributed by atoms with Gasteiger partial charge in [0.25, 0.3) is 0 Å². The van der Waals surface area contributed by atoms with Crippen molar-refractivity contribution in [2.45, 2.75) is 52.6 Å². The second-order valence-corrected chi connectivity index (χ2v) is 4.69. The molecule has 0 fully saturated rings. The molecule has 0 aromatic heterocycles. The van der Waals surface area contributed by atoms with E-state index in [1.807, 2.05) is 26.0 Å². The Bertz CT molecular complexity index is 358. The lowest BCUT2D eigenvalue weighted by Gasteiger charge is -2.16. The van der Waals surface area contributed by atoms with Gasteiger partial charge in [-0.05, 0) is 49.1 Å². The summed E-state index contributed by atoms with van der Waals surface area (Å²) in [6.07, 6.45) is 3.97. The number of hydrogen-bond donors (Lipinski definition) is 1. The Balaban J connectivity index is 2.79. The van der Waals surface area contributed by atoms with Gasteiger partial charge in [0, 0.05) is 0 Å². The first-order valence-corrected chi connectivity index (χ1v) is 6.43. The van der Waals surface area contributed by atoms with Crippen LogP contribution in [0.5, 0.6) is 5.75 Å². The van der Waals surface area contributed by atoms with Crippen molar-refractivity contribution in [3.63, 3.8) is 0 Å².